The maximum Gasteiger partial charge on any atom is 0.194 e. The lowest BCUT2D eigenvalue weighted by molar-refractivity contribution is 0.286. The Morgan fingerprint density at radius 3 is 2.57 bits per heavy atom. The van der Waals surface area contributed by atoms with E-state index in [4.69, 9.17) is 10.5 Å². The first-order valence-electron chi connectivity index (χ1n) is 9.32. The van der Waals surface area contributed by atoms with E-state index in [-0.39, 0.29) is 18.6 Å². The summed E-state index contributed by atoms with van der Waals surface area (Å²) in [5.74, 6) is -3.45. The Hall–Kier alpha value is -3.39. The summed E-state index contributed by atoms with van der Waals surface area (Å²) in [6.45, 7) is 2.03. The monoisotopic (exact) mass is 412 g/mol. The maximum absolute atomic E-state index is 13.3. The molecule has 0 fully saturated rings. The van der Waals surface area contributed by atoms with Gasteiger partial charge in [0, 0.05) is 23.2 Å². The van der Waals surface area contributed by atoms with E-state index < -0.39 is 23.5 Å². The number of benzene rings is 2. The minimum Gasteiger partial charge on any atom is -0.490 e. The van der Waals surface area contributed by atoms with E-state index >= 15 is 0 Å². The Balaban J connectivity index is 1.44. The van der Waals surface area contributed by atoms with Gasteiger partial charge in [-0.2, -0.15) is 5.10 Å². The predicted octanol–water partition coefficient (Wildman–Crippen LogP) is 4.30. The molecule has 8 heteroatoms. The number of rotatable bonds is 6. The van der Waals surface area contributed by atoms with Crippen molar-refractivity contribution in [2.24, 2.45) is 5.73 Å². The number of ether oxygens (including phenoxy) is 1. The molecule has 2 aromatic carbocycles. The number of aryl methyl sites for hydroxylation is 1. The highest BCUT2D eigenvalue weighted by molar-refractivity contribution is 5.86. The third-order valence-corrected chi connectivity index (χ3v) is 4.81. The van der Waals surface area contributed by atoms with Gasteiger partial charge < -0.3 is 10.5 Å². The number of hydrogen-bond acceptors (Lipinski definition) is 4. The van der Waals surface area contributed by atoms with Crippen molar-refractivity contribution in [2.75, 3.05) is 6.61 Å². The molecule has 0 radical (unpaired) electrons. The fourth-order valence-electron chi connectivity index (χ4n) is 3.27. The van der Waals surface area contributed by atoms with E-state index in [1.165, 1.54) is 0 Å². The molecule has 154 valence electrons. The zero-order chi connectivity index (χ0) is 21.3. The number of halogens is 3. The quantitative estimate of drug-likeness (QED) is 0.463. The van der Waals surface area contributed by atoms with Crippen LogP contribution < -0.4 is 10.5 Å². The van der Waals surface area contributed by atoms with Crippen LogP contribution in [-0.4, -0.2) is 27.8 Å². The fourth-order valence-corrected chi connectivity index (χ4v) is 3.27. The molecule has 0 aliphatic heterocycles. The first-order valence-corrected chi connectivity index (χ1v) is 9.32. The van der Waals surface area contributed by atoms with Crippen LogP contribution in [-0.2, 0) is 6.42 Å². The topological polar surface area (TPSA) is 76.8 Å². The molecule has 1 atom stereocenters. The lowest BCUT2D eigenvalue weighted by Crippen LogP contribution is -2.30. The molecule has 2 aromatic heterocycles. The number of aromatic amines is 1. The average Bonchev–Trinajstić information content (AvgIpc) is 3.11. The van der Waals surface area contributed by atoms with Crippen LogP contribution in [0.2, 0.25) is 0 Å². The summed E-state index contributed by atoms with van der Waals surface area (Å²) in [5.41, 5.74) is 9.97. The summed E-state index contributed by atoms with van der Waals surface area (Å²) in [6.07, 6.45) is 3.43. The molecule has 0 saturated heterocycles. The number of nitrogens with one attached hydrogen (secondary N) is 1. The third kappa shape index (κ3) is 4.13. The van der Waals surface area contributed by atoms with Crippen LogP contribution >= 0.6 is 0 Å². The number of hydrogen-bond donors (Lipinski definition) is 2. The first kappa shape index (κ1) is 19.9. The normalized spacial score (nSPS) is 12.3. The summed E-state index contributed by atoms with van der Waals surface area (Å²) in [6, 6.07) is 9.12. The Bertz CT molecular complexity index is 1190. The number of nitrogens with two attached hydrogens (primary N) is 1. The van der Waals surface area contributed by atoms with Crippen molar-refractivity contribution >= 4 is 10.9 Å². The van der Waals surface area contributed by atoms with Crippen LogP contribution in [0.4, 0.5) is 13.2 Å². The van der Waals surface area contributed by atoms with Crippen LogP contribution in [0.25, 0.3) is 22.0 Å². The second-order valence-electron chi connectivity index (χ2n) is 7.13. The second-order valence-corrected chi connectivity index (χ2v) is 7.13. The smallest absolute Gasteiger partial charge is 0.194 e. The van der Waals surface area contributed by atoms with Gasteiger partial charge in [0.25, 0.3) is 0 Å². The Kier molecular flexibility index (Phi) is 5.41. The minimum absolute atomic E-state index is 0.103. The minimum atomic E-state index is -1.49. The van der Waals surface area contributed by atoms with Gasteiger partial charge in [0.15, 0.2) is 17.5 Å². The zero-order valence-electron chi connectivity index (χ0n) is 16.1. The van der Waals surface area contributed by atoms with Crippen molar-refractivity contribution in [3.8, 4) is 16.9 Å². The Morgan fingerprint density at radius 2 is 1.80 bits per heavy atom. The van der Waals surface area contributed by atoms with Crippen LogP contribution in [0, 0.1) is 24.4 Å². The predicted molar refractivity (Wildman–Crippen MR) is 108 cm³/mol. The molecule has 0 amide bonds. The number of fused-ring (bicyclic) bond motifs is 1. The van der Waals surface area contributed by atoms with Crippen LogP contribution in [0.3, 0.4) is 0 Å². The number of H-pyrrole nitrogens is 1. The van der Waals surface area contributed by atoms with Gasteiger partial charge in [-0.15, -0.1) is 0 Å². The first-order chi connectivity index (χ1) is 14.4. The Morgan fingerprint density at radius 1 is 1.03 bits per heavy atom. The van der Waals surface area contributed by atoms with Crippen molar-refractivity contribution in [3.05, 3.63) is 77.5 Å². The maximum atomic E-state index is 13.3. The van der Waals surface area contributed by atoms with Crippen LogP contribution in [0.5, 0.6) is 5.75 Å². The van der Waals surface area contributed by atoms with E-state index in [9.17, 15) is 13.2 Å². The number of pyridine rings is 1. The van der Waals surface area contributed by atoms with E-state index in [0.717, 1.165) is 39.9 Å². The fraction of sp³-hybridized carbons (Fsp3) is 0.182. The molecule has 30 heavy (non-hydrogen) atoms. The zero-order valence-corrected chi connectivity index (χ0v) is 16.1. The summed E-state index contributed by atoms with van der Waals surface area (Å²) < 4.78 is 45.5. The summed E-state index contributed by atoms with van der Waals surface area (Å²) >= 11 is 0. The van der Waals surface area contributed by atoms with Gasteiger partial charge in [-0.25, -0.2) is 13.2 Å². The summed E-state index contributed by atoms with van der Waals surface area (Å²) in [4.78, 5) is 4.22. The molecule has 3 N–H and O–H groups in total. The second kappa shape index (κ2) is 8.16. The van der Waals surface area contributed by atoms with Crippen molar-refractivity contribution in [3.63, 3.8) is 0 Å². The summed E-state index contributed by atoms with van der Waals surface area (Å²) in [5, 5.41) is 8.20. The lowest BCUT2D eigenvalue weighted by atomic mass is 10.0. The number of aromatic nitrogens is 3. The molecule has 0 unspecified atom stereocenters. The average molecular weight is 412 g/mol. The van der Waals surface area contributed by atoms with E-state index in [0.29, 0.717) is 5.75 Å². The van der Waals surface area contributed by atoms with Crippen LogP contribution in [0.1, 0.15) is 11.3 Å². The van der Waals surface area contributed by atoms with Gasteiger partial charge in [-0.3, -0.25) is 10.1 Å². The van der Waals surface area contributed by atoms with Crippen molar-refractivity contribution < 1.29 is 17.9 Å². The molecular formula is C22H19F3N4O. The van der Waals surface area contributed by atoms with Gasteiger partial charge >= 0.3 is 0 Å². The molecule has 5 nitrogen and oxygen atoms in total. The number of nitrogens with zero attached hydrogens (tertiary/aromatic N) is 2. The van der Waals surface area contributed by atoms with Crippen LogP contribution in [0.15, 0.2) is 48.8 Å². The van der Waals surface area contributed by atoms with Gasteiger partial charge in [-0.05, 0) is 54.8 Å². The molecular weight excluding hydrogens is 393 g/mol. The van der Waals surface area contributed by atoms with Gasteiger partial charge in [-0.1, -0.05) is 6.07 Å². The van der Waals surface area contributed by atoms with Crippen molar-refractivity contribution in [2.45, 2.75) is 19.4 Å². The lowest BCUT2D eigenvalue weighted by Gasteiger charge is -2.14. The largest absolute Gasteiger partial charge is 0.490 e. The summed E-state index contributed by atoms with van der Waals surface area (Å²) in [7, 11) is 0. The molecule has 0 saturated carbocycles. The standard InChI is InChI=1S/C22H19F3N4O/c1-12-18-8-14(2-3-21(18)29-28-12)15-7-17(10-27-9-15)30-11-16(26)4-13-5-19(23)22(25)20(24)6-13/h2-3,5-10,16H,4,11,26H2,1H3,(H,28,29)/t16-/m0/s1. The molecule has 0 bridgehead atoms. The molecule has 4 rings (SSSR count). The van der Waals surface area contributed by atoms with E-state index in [1.807, 2.05) is 31.2 Å². The molecule has 0 aliphatic carbocycles. The van der Waals surface area contributed by atoms with E-state index in [2.05, 4.69) is 15.2 Å². The van der Waals surface area contributed by atoms with E-state index in [1.54, 1.807) is 12.4 Å². The molecule has 0 spiro atoms. The van der Waals surface area contributed by atoms with Crippen molar-refractivity contribution in [1.29, 1.82) is 0 Å². The SMILES string of the molecule is Cc1n[nH]c2ccc(-c3cncc(OC[C@@H](N)Cc4cc(F)c(F)c(F)c4)c3)cc12. The highest BCUT2D eigenvalue weighted by Crippen LogP contribution is 2.27. The molecule has 0 aliphatic rings. The Labute approximate surface area is 170 Å². The molecule has 4 aromatic rings. The van der Waals surface area contributed by atoms with Gasteiger partial charge in [0.1, 0.15) is 12.4 Å². The van der Waals surface area contributed by atoms with Gasteiger partial charge in [0.2, 0.25) is 0 Å². The third-order valence-electron chi connectivity index (χ3n) is 4.81. The van der Waals surface area contributed by atoms with Crippen molar-refractivity contribution in [1.82, 2.24) is 15.2 Å². The highest BCUT2D eigenvalue weighted by Gasteiger charge is 2.13. The van der Waals surface area contributed by atoms with Gasteiger partial charge in [0.05, 0.1) is 17.4 Å². The highest BCUT2D eigenvalue weighted by atomic mass is 19.2. The molecule has 2 heterocycles.